The van der Waals surface area contributed by atoms with Crippen LogP contribution in [0.4, 0.5) is 0 Å². The molecule has 10 saturated carbocycles. The molecule has 19 atom stereocenters. The van der Waals surface area contributed by atoms with Crippen molar-refractivity contribution in [3.63, 3.8) is 0 Å². The average Bonchev–Trinajstić information content (AvgIpc) is 3.08. The molecule has 11 aliphatic carbocycles. The molecule has 0 heterocycles. The molecule has 0 amide bonds. The van der Waals surface area contributed by atoms with Crippen LogP contribution in [-0.4, -0.2) is 0 Å². The molecule has 0 aliphatic heterocycles. The lowest BCUT2D eigenvalue weighted by molar-refractivity contribution is -0.305. The van der Waals surface area contributed by atoms with Gasteiger partial charge < -0.3 is 0 Å². The zero-order chi connectivity index (χ0) is 17.9. The van der Waals surface area contributed by atoms with Crippen LogP contribution < -0.4 is 0 Å². The minimum atomic E-state index is 1.11. The van der Waals surface area contributed by atoms with E-state index in [1.54, 1.807) is 44.9 Å². The first-order valence-electron chi connectivity index (χ1n) is 14.1. The van der Waals surface area contributed by atoms with Gasteiger partial charge in [0.1, 0.15) is 0 Å². The third kappa shape index (κ3) is 1.26. The smallest absolute Gasteiger partial charge is 0.00975 e. The third-order valence-corrected chi connectivity index (χ3v) is 15.2. The molecule has 29 heavy (non-hydrogen) atoms. The first-order chi connectivity index (χ1) is 14.4. The molecule has 0 N–H and O–H groups in total. The lowest BCUT2D eigenvalue weighted by Gasteiger charge is -2.77. The first-order valence-corrected chi connectivity index (χ1v) is 14.1. The Bertz CT molecular complexity index is 898. The molecule has 0 aromatic rings. The predicted octanol–water partition coefficient (Wildman–Crippen LogP) is 5.89. The summed E-state index contributed by atoms with van der Waals surface area (Å²) in [6, 6.07) is 0. The van der Waals surface area contributed by atoms with Gasteiger partial charge in [-0.2, -0.15) is 0 Å². The van der Waals surface area contributed by atoms with Crippen molar-refractivity contribution in [3.8, 4) is 0 Å². The SMILES string of the molecule is C1=C2/C3C4CC5CC6CC7CCCC8C(C/1)CC1C8C8C(C23)C(C54)C8C2C6C7C12. The van der Waals surface area contributed by atoms with Gasteiger partial charge in [-0.05, 0) is 151 Å². The van der Waals surface area contributed by atoms with E-state index < -0.39 is 0 Å². The summed E-state index contributed by atoms with van der Waals surface area (Å²) in [4.78, 5) is 0. The molecule has 19 unspecified atom stereocenters. The highest BCUT2D eigenvalue weighted by Gasteiger charge is 2.82. The van der Waals surface area contributed by atoms with Crippen molar-refractivity contribution in [1.82, 2.24) is 0 Å². The van der Waals surface area contributed by atoms with Gasteiger partial charge in [-0.25, -0.2) is 0 Å². The molecule has 11 aliphatic rings. The van der Waals surface area contributed by atoms with Gasteiger partial charge in [0.05, 0.1) is 0 Å². The fourth-order valence-electron chi connectivity index (χ4n) is 15.3. The number of hydrogen-bond acceptors (Lipinski definition) is 0. The summed E-state index contributed by atoms with van der Waals surface area (Å²) in [5.74, 6) is 22.8. The van der Waals surface area contributed by atoms with Crippen LogP contribution >= 0.6 is 0 Å². The third-order valence-electron chi connectivity index (χ3n) is 15.2. The van der Waals surface area contributed by atoms with Crippen LogP contribution in [0, 0.1) is 112 Å². The van der Waals surface area contributed by atoms with Crippen molar-refractivity contribution in [3.05, 3.63) is 11.6 Å². The lowest BCUT2D eigenvalue weighted by Crippen LogP contribution is -2.74. The Morgan fingerprint density at radius 2 is 1.24 bits per heavy atom. The first kappa shape index (κ1) is 14.7. The average molecular weight is 385 g/mol. The summed E-state index contributed by atoms with van der Waals surface area (Å²) < 4.78 is 0. The topological polar surface area (TPSA) is 0 Å². The maximum atomic E-state index is 2.91. The Balaban J connectivity index is 1.21. The van der Waals surface area contributed by atoms with Gasteiger partial charge >= 0.3 is 0 Å². The molecular formula is C29H36. The predicted molar refractivity (Wildman–Crippen MR) is 111 cm³/mol. The summed E-state index contributed by atoms with van der Waals surface area (Å²) in [5, 5.41) is 0. The van der Waals surface area contributed by atoms with Crippen molar-refractivity contribution >= 4 is 0 Å². The van der Waals surface area contributed by atoms with Gasteiger partial charge in [0, 0.05) is 0 Å². The van der Waals surface area contributed by atoms with E-state index >= 15 is 0 Å². The Labute approximate surface area is 175 Å². The number of rotatable bonds is 0. The van der Waals surface area contributed by atoms with E-state index in [1.807, 2.05) is 0 Å². The van der Waals surface area contributed by atoms with E-state index in [0.29, 0.717) is 0 Å². The minimum absolute atomic E-state index is 1.11. The van der Waals surface area contributed by atoms with Gasteiger partial charge in [0.25, 0.3) is 0 Å². The van der Waals surface area contributed by atoms with Crippen LogP contribution in [0.15, 0.2) is 11.6 Å². The molecule has 11 rings (SSSR count). The van der Waals surface area contributed by atoms with Crippen LogP contribution in [0.25, 0.3) is 0 Å². The van der Waals surface area contributed by atoms with Crippen LogP contribution in [0.1, 0.15) is 51.4 Å². The Hall–Kier alpha value is -0.260. The standard InChI is InChI=1S/C29H36/c1-2-11-6-12-7-13-9-16-18(13)25-28-23-15(22(16)23)5-4-10-8-17-21(14(10)3-1)27(28)29(25)26-20(12)19(11)24(17)26/h5,10-14,16-29H,1-4,6-9H2/b15-5-. The summed E-state index contributed by atoms with van der Waals surface area (Å²) in [6.45, 7) is 0. The van der Waals surface area contributed by atoms with Gasteiger partial charge in [0.2, 0.25) is 0 Å². The van der Waals surface area contributed by atoms with E-state index in [-0.39, 0.29) is 0 Å². The maximum absolute atomic E-state index is 2.91. The van der Waals surface area contributed by atoms with Crippen molar-refractivity contribution in [2.75, 3.05) is 0 Å². The maximum Gasteiger partial charge on any atom is -0.00975 e. The van der Waals surface area contributed by atoms with Gasteiger partial charge in [-0.1, -0.05) is 24.5 Å². The molecule has 0 aromatic heterocycles. The van der Waals surface area contributed by atoms with Crippen molar-refractivity contribution in [2.45, 2.75) is 51.4 Å². The normalized spacial score (nSPS) is 81.0. The highest BCUT2D eigenvalue weighted by Crippen LogP contribution is 2.87. The Morgan fingerprint density at radius 3 is 2.24 bits per heavy atom. The van der Waals surface area contributed by atoms with Crippen molar-refractivity contribution < 1.29 is 0 Å². The second-order valence-electron chi connectivity index (χ2n) is 14.7. The van der Waals surface area contributed by atoms with Gasteiger partial charge in [0.15, 0.2) is 0 Å². The summed E-state index contributed by atoms with van der Waals surface area (Å²) >= 11 is 0. The van der Waals surface area contributed by atoms with Crippen LogP contribution in [-0.2, 0) is 0 Å². The molecule has 0 spiro atoms. The molecule has 0 aromatic carbocycles. The molecule has 5 bridgehead atoms. The largest absolute Gasteiger partial charge is 0.0844 e. The zero-order valence-electron chi connectivity index (χ0n) is 17.7. The second kappa shape index (κ2) is 4.20. The van der Waals surface area contributed by atoms with Crippen molar-refractivity contribution in [1.29, 1.82) is 0 Å². The van der Waals surface area contributed by atoms with E-state index in [0.717, 1.165) is 23.7 Å². The number of fused-ring (bicyclic) bond motifs is 2. The molecular weight excluding hydrogens is 348 g/mol. The summed E-state index contributed by atoms with van der Waals surface area (Å²) in [6.07, 6.45) is 16.1. The second-order valence-corrected chi connectivity index (χ2v) is 14.7. The molecule has 10 fully saturated rings. The fourth-order valence-corrected chi connectivity index (χ4v) is 15.3. The zero-order valence-corrected chi connectivity index (χ0v) is 17.7. The van der Waals surface area contributed by atoms with Crippen LogP contribution in [0.2, 0.25) is 0 Å². The Kier molecular flexibility index (Phi) is 2.13. The summed E-state index contributed by atoms with van der Waals surface area (Å²) in [7, 11) is 0. The highest BCUT2D eigenvalue weighted by molar-refractivity contribution is 5.42. The molecule has 0 heteroatoms. The molecule has 0 nitrogen and oxygen atoms in total. The van der Waals surface area contributed by atoms with Crippen molar-refractivity contribution in [2.24, 2.45) is 112 Å². The van der Waals surface area contributed by atoms with E-state index in [2.05, 4.69) is 11.6 Å². The molecule has 0 radical (unpaired) electrons. The number of hydrogen-bond donors (Lipinski definition) is 0. The van der Waals surface area contributed by atoms with Gasteiger partial charge in [-0.3, -0.25) is 0 Å². The van der Waals surface area contributed by atoms with E-state index in [4.69, 9.17) is 0 Å². The minimum Gasteiger partial charge on any atom is -0.0844 e. The highest BCUT2D eigenvalue weighted by atomic mass is 14.9. The van der Waals surface area contributed by atoms with E-state index in [9.17, 15) is 0 Å². The molecule has 0 saturated heterocycles. The van der Waals surface area contributed by atoms with Crippen LogP contribution in [0.3, 0.4) is 0 Å². The van der Waals surface area contributed by atoms with Gasteiger partial charge in [-0.15, -0.1) is 0 Å². The molecule has 152 valence electrons. The number of allylic oxidation sites excluding steroid dienone is 2. The van der Waals surface area contributed by atoms with E-state index in [1.165, 1.54) is 95.2 Å². The Morgan fingerprint density at radius 1 is 0.483 bits per heavy atom. The quantitative estimate of drug-likeness (QED) is 0.457. The monoisotopic (exact) mass is 384 g/mol. The van der Waals surface area contributed by atoms with Crippen LogP contribution in [0.5, 0.6) is 0 Å². The fraction of sp³-hybridized carbons (Fsp3) is 0.931. The lowest BCUT2D eigenvalue weighted by atomic mass is 9.27. The summed E-state index contributed by atoms with van der Waals surface area (Å²) in [5.41, 5.74) is 2.06.